The third-order valence-electron chi connectivity index (χ3n) is 3.36. The van der Waals surface area contributed by atoms with Crippen molar-refractivity contribution < 1.29 is 14.4 Å². The SMILES string of the molecule is CCCC(C)C(CC(=O)OC)NOCc1ccccc1. The monoisotopic (exact) mass is 279 g/mol. The average molecular weight is 279 g/mol. The maximum Gasteiger partial charge on any atom is 0.307 e. The van der Waals surface area contributed by atoms with E-state index >= 15 is 0 Å². The molecule has 1 aromatic rings. The van der Waals surface area contributed by atoms with Gasteiger partial charge < -0.3 is 4.74 Å². The van der Waals surface area contributed by atoms with E-state index in [0.29, 0.717) is 18.9 Å². The van der Waals surface area contributed by atoms with Crippen LogP contribution in [-0.4, -0.2) is 19.1 Å². The third kappa shape index (κ3) is 6.17. The minimum atomic E-state index is -0.214. The fourth-order valence-corrected chi connectivity index (χ4v) is 2.08. The predicted octanol–water partition coefficient (Wildman–Crippen LogP) is 3.08. The number of ether oxygens (including phenoxy) is 1. The van der Waals surface area contributed by atoms with Crippen LogP contribution in [0.2, 0.25) is 0 Å². The number of carbonyl (C=O) groups is 1. The van der Waals surface area contributed by atoms with Crippen molar-refractivity contribution in [2.45, 2.75) is 45.8 Å². The van der Waals surface area contributed by atoms with Gasteiger partial charge >= 0.3 is 5.97 Å². The number of rotatable bonds is 9. The summed E-state index contributed by atoms with van der Waals surface area (Å²) in [5.74, 6) is 0.142. The molecule has 20 heavy (non-hydrogen) atoms. The van der Waals surface area contributed by atoms with Crippen LogP contribution in [0.3, 0.4) is 0 Å². The molecule has 0 aromatic heterocycles. The van der Waals surface area contributed by atoms with E-state index in [0.717, 1.165) is 18.4 Å². The minimum Gasteiger partial charge on any atom is -0.469 e. The maximum absolute atomic E-state index is 11.4. The van der Waals surface area contributed by atoms with E-state index < -0.39 is 0 Å². The number of hydrogen-bond acceptors (Lipinski definition) is 4. The fourth-order valence-electron chi connectivity index (χ4n) is 2.08. The number of hydrogen-bond donors (Lipinski definition) is 1. The van der Waals surface area contributed by atoms with Gasteiger partial charge in [0.25, 0.3) is 0 Å². The molecular formula is C16H25NO3. The van der Waals surface area contributed by atoms with Gasteiger partial charge in [-0.15, -0.1) is 0 Å². The van der Waals surface area contributed by atoms with Crippen molar-refractivity contribution >= 4 is 5.97 Å². The molecule has 4 nitrogen and oxygen atoms in total. The molecule has 1 aromatic carbocycles. The average Bonchev–Trinajstić information content (AvgIpc) is 2.47. The van der Waals surface area contributed by atoms with E-state index in [-0.39, 0.29) is 12.0 Å². The number of esters is 1. The number of carbonyl (C=O) groups excluding carboxylic acids is 1. The number of hydroxylamine groups is 1. The molecule has 2 unspecified atom stereocenters. The first-order chi connectivity index (χ1) is 9.67. The van der Waals surface area contributed by atoms with Gasteiger partial charge in [0, 0.05) is 6.04 Å². The summed E-state index contributed by atoms with van der Waals surface area (Å²) in [6.07, 6.45) is 2.45. The Labute approximate surface area is 121 Å². The smallest absolute Gasteiger partial charge is 0.307 e. The topological polar surface area (TPSA) is 47.6 Å². The van der Waals surface area contributed by atoms with E-state index in [4.69, 9.17) is 9.57 Å². The van der Waals surface area contributed by atoms with Gasteiger partial charge in [0.2, 0.25) is 0 Å². The molecule has 0 fully saturated rings. The van der Waals surface area contributed by atoms with E-state index in [9.17, 15) is 4.79 Å². The minimum absolute atomic E-state index is 0.0221. The molecule has 0 heterocycles. The van der Waals surface area contributed by atoms with Crippen LogP contribution in [0.4, 0.5) is 0 Å². The molecule has 0 aliphatic carbocycles. The summed E-state index contributed by atoms with van der Waals surface area (Å²) in [6.45, 7) is 4.74. The molecule has 0 saturated heterocycles. The lowest BCUT2D eigenvalue weighted by atomic mass is 9.95. The molecule has 0 aliphatic heterocycles. The van der Waals surface area contributed by atoms with Crippen LogP contribution in [0, 0.1) is 5.92 Å². The first kappa shape index (κ1) is 16.7. The highest BCUT2D eigenvalue weighted by atomic mass is 16.6. The second-order valence-corrected chi connectivity index (χ2v) is 5.04. The summed E-state index contributed by atoms with van der Waals surface area (Å²) in [5, 5.41) is 0. The van der Waals surface area contributed by atoms with Gasteiger partial charge in [-0.3, -0.25) is 9.63 Å². The van der Waals surface area contributed by atoms with Crippen molar-refractivity contribution in [3.05, 3.63) is 35.9 Å². The summed E-state index contributed by atoms with van der Waals surface area (Å²) < 4.78 is 4.74. The Morgan fingerprint density at radius 3 is 2.60 bits per heavy atom. The Morgan fingerprint density at radius 2 is 2.00 bits per heavy atom. The number of benzene rings is 1. The van der Waals surface area contributed by atoms with Crippen LogP contribution >= 0.6 is 0 Å². The molecule has 1 N–H and O–H groups in total. The predicted molar refractivity (Wildman–Crippen MR) is 78.9 cm³/mol. The Bertz CT molecular complexity index is 381. The molecule has 1 rings (SSSR count). The normalized spacial score (nSPS) is 13.8. The third-order valence-corrected chi connectivity index (χ3v) is 3.36. The van der Waals surface area contributed by atoms with Crippen LogP contribution in [0.15, 0.2) is 30.3 Å². The highest BCUT2D eigenvalue weighted by molar-refractivity contribution is 5.69. The lowest BCUT2D eigenvalue weighted by molar-refractivity contribution is -0.143. The summed E-state index contributed by atoms with van der Waals surface area (Å²) in [7, 11) is 1.41. The van der Waals surface area contributed by atoms with Crippen molar-refractivity contribution in [3.8, 4) is 0 Å². The zero-order valence-electron chi connectivity index (χ0n) is 12.6. The molecular weight excluding hydrogens is 254 g/mol. The van der Waals surface area contributed by atoms with Gasteiger partial charge in [0.05, 0.1) is 20.1 Å². The lowest BCUT2D eigenvalue weighted by Gasteiger charge is -2.23. The lowest BCUT2D eigenvalue weighted by Crippen LogP contribution is -2.37. The molecule has 0 spiro atoms. The molecule has 112 valence electrons. The highest BCUT2D eigenvalue weighted by Gasteiger charge is 2.20. The summed E-state index contributed by atoms with van der Waals surface area (Å²) in [6, 6.07) is 9.92. The zero-order chi connectivity index (χ0) is 14.8. The molecule has 0 saturated carbocycles. The first-order valence-electron chi connectivity index (χ1n) is 7.15. The molecule has 0 radical (unpaired) electrons. The number of nitrogens with one attached hydrogen (secondary N) is 1. The Kier molecular flexibility index (Phi) is 7.92. The molecule has 0 bridgehead atoms. The summed E-state index contributed by atoms with van der Waals surface area (Å²) >= 11 is 0. The van der Waals surface area contributed by atoms with Crippen LogP contribution in [-0.2, 0) is 21.0 Å². The first-order valence-corrected chi connectivity index (χ1v) is 7.15. The largest absolute Gasteiger partial charge is 0.469 e. The zero-order valence-corrected chi connectivity index (χ0v) is 12.6. The van der Waals surface area contributed by atoms with E-state index in [1.54, 1.807) is 0 Å². The van der Waals surface area contributed by atoms with Crippen molar-refractivity contribution in [2.24, 2.45) is 5.92 Å². The Hall–Kier alpha value is -1.39. The van der Waals surface area contributed by atoms with Gasteiger partial charge in [-0.05, 0) is 17.9 Å². The Morgan fingerprint density at radius 1 is 1.30 bits per heavy atom. The standard InChI is InChI=1S/C16H25NO3/c1-4-8-13(2)15(11-16(18)19-3)17-20-12-14-9-6-5-7-10-14/h5-7,9-10,13,15,17H,4,8,11-12H2,1-3H3. The quantitative estimate of drug-likeness (QED) is 0.557. The van der Waals surface area contributed by atoms with Crippen molar-refractivity contribution in [1.29, 1.82) is 0 Å². The van der Waals surface area contributed by atoms with Gasteiger partial charge in [-0.2, -0.15) is 5.48 Å². The van der Waals surface area contributed by atoms with Crippen LogP contribution < -0.4 is 5.48 Å². The van der Waals surface area contributed by atoms with E-state index in [1.165, 1.54) is 7.11 Å². The second kappa shape index (κ2) is 9.50. The van der Waals surface area contributed by atoms with Crippen molar-refractivity contribution in [1.82, 2.24) is 5.48 Å². The van der Waals surface area contributed by atoms with Gasteiger partial charge in [-0.1, -0.05) is 50.6 Å². The van der Waals surface area contributed by atoms with Crippen molar-refractivity contribution in [2.75, 3.05) is 7.11 Å². The van der Waals surface area contributed by atoms with E-state index in [2.05, 4.69) is 19.3 Å². The highest BCUT2D eigenvalue weighted by Crippen LogP contribution is 2.14. The number of methoxy groups -OCH3 is 1. The van der Waals surface area contributed by atoms with Crippen LogP contribution in [0.1, 0.15) is 38.7 Å². The fraction of sp³-hybridized carbons (Fsp3) is 0.562. The van der Waals surface area contributed by atoms with Crippen LogP contribution in [0.5, 0.6) is 0 Å². The van der Waals surface area contributed by atoms with Crippen LogP contribution in [0.25, 0.3) is 0 Å². The molecule has 2 atom stereocenters. The Balaban J connectivity index is 2.45. The summed E-state index contributed by atoms with van der Waals surface area (Å²) in [5.41, 5.74) is 4.11. The molecule has 0 amide bonds. The van der Waals surface area contributed by atoms with Crippen molar-refractivity contribution in [3.63, 3.8) is 0 Å². The maximum atomic E-state index is 11.4. The second-order valence-electron chi connectivity index (χ2n) is 5.04. The molecule has 0 aliphatic rings. The van der Waals surface area contributed by atoms with Gasteiger partial charge in [0.15, 0.2) is 0 Å². The molecule has 4 heteroatoms. The summed E-state index contributed by atoms with van der Waals surface area (Å²) in [4.78, 5) is 17.0. The van der Waals surface area contributed by atoms with E-state index in [1.807, 2.05) is 30.3 Å². The van der Waals surface area contributed by atoms with Gasteiger partial charge in [-0.25, -0.2) is 0 Å². The van der Waals surface area contributed by atoms with Gasteiger partial charge in [0.1, 0.15) is 0 Å².